The van der Waals surface area contributed by atoms with Gasteiger partial charge in [0.25, 0.3) is 0 Å². The molecule has 1 aromatic carbocycles. The Bertz CT molecular complexity index is 570. The maximum absolute atomic E-state index is 11.5. The van der Waals surface area contributed by atoms with Crippen molar-refractivity contribution in [3.05, 3.63) is 35.4 Å². The monoisotopic (exact) mass is 347 g/mol. The van der Waals surface area contributed by atoms with E-state index in [1.807, 2.05) is 0 Å². The Morgan fingerprint density at radius 1 is 1.29 bits per heavy atom. The summed E-state index contributed by atoms with van der Waals surface area (Å²) in [5.41, 5.74) is 16.7. The lowest BCUT2D eigenvalue weighted by Gasteiger charge is -2.09. The van der Waals surface area contributed by atoms with Crippen LogP contribution in [0.4, 0.5) is 0 Å². The summed E-state index contributed by atoms with van der Waals surface area (Å²) < 4.78 is 0. The zero-order valence-electron chi connectivity index (χ0n) is 14.5. The summed E-state index contributed by atoms with van der Waals surface area (Å²) in [4.78, 5) is 11.5. The van der Waals surface area contributed by atoms with E-state index in [0.717, 1.165) is 24.8 Å². The first kappa shape index (κ1) is 22.4. The smallest absolute Gasteiger partial charge is 0.238 e. The molecule has 1 aromatic rings. The van der Waals surface area contributed by atoms with Crippen molar-refractivity contribution >= 4 is 14.0 Å². The first-order valence-electron chi connectivity index (χ1n) is 8.17. The summed E-state index contributed by atoms with van der Waals surface area (Å²) in [5.74, 6) is 3.12. The van der Waals surface area contributed by atoms with Gasteiger partial charge in [-0.05, 0) is 37.0 Å². The molecule has 134 valence electrons. The van der Waals surface area contributed by atoms with Gasteiger partial charge in [0.2, 0.25) is 5.91 Å². The number of rotatable bonds is 7. The minimum Gasteiger partial charge on any atom is -0.355 e. The lowest BCUT2D eigenvalue weighted by atomic mass is 10.1. The molecular weight excluding hydrogens is 314 g/mol. The quantitative estimate of drug-likeness (QED) is 0.402. The molecule has 1 atom stereocenters. The van der Waals surface area contributed by atoms with E-state index >= 15 is 0 Å². The average molecular weight is 348 g/mol. The topological polar surface area (TPSA) is 81.1 Å². The molecule has 5 N–H and O–H groups in total. The van der Waals surface area contributed by atoms with Crippen LogP contribution in [0.25, 0.3) is 0 Å². The van der Waals surface area contributed by atoms with Crippen LogP contribution in [0.15, 0.2) is 24.3 Å². The van der Waals surface area contributed by atoms with Gasteiger partial charge in [-0.15, -0.1) is 5.54 Å². The van der Waals surface area contributed by atoms with Crippen LogP contribution in [0.2, 0.25) is 19.6 Å². The molecule has 0 spiro atoms. The average Bonchev–Trinajstić information content (AvgIpc) is 2.51. The van der Waals surface area contributed by atoms with Gasteiger partial charge in [0.05, 0.1) is 6.04 Å². The van der Waals surface area contributed by atoms with Crippen molar-refractivity contribution in [2.24, 2.45) is 11.5 Å². The zero-order valence-corrected chi connectivity index (χ0v) is 15.5. The Morgan fingerprint density at radius 2 is 2.00 bits per heavy atom. The highest BCUT2D eigenvalue weighted by Crippen LogP contribution is 2.08. The SMILES string of the molecule is C.C[Si](C)(C)C#Cc1cccc(CCCCNC(=O)C(N)CN)c1. The summed E-state index contributed by atoms with van der Waals surface area (Å²) in [6.45, 7) is 7.55. The molecule has 24 heavy (non-hydrogen) atoms. The van der Waals surface area contributed by atoms with Crippen LogP contribution in [0, 0.1) is 11.5 Å². The van der Waals surface area contributed by atoms with Crippen LogP contribution in [-0.4, -0.2) is 33.1 Å². The summed E-state index contributed by atoms with van der Waals surface area (Å²) >= 11 is 0. The van der Waals surface area contributed by atoms with Crippen molar-refractivity contribution in [3.8, 4) is 11.5 Å². The number of hydrogen-bond acceptors (Lipinski definition) is 3. The zero-order chi connectivity index (χ0) is 17.3. The highest BCUT2D eigenvalue weighted by Gasteiger charge is 2.09. The summed E-state index contributed by atoms with van der Waals surface area (Å²) in [5, 5.41) is 2.81. The molecule has 0 heterocycles. The van der Waals surface area contributed by atoms with Gasteiger partial charge in [-0.2, -0.15) is 0 Å². The second kappa shape index (κ2) is 11.0. The fraction of sp³-hybridized carbons (Fsp3) is 0.526. The highest BCUT2D eigenvalue weighted by atomic mass is 28.3. The van der Waals surface area contributed by atoms with Gasteiger partial charge in [0.15, 0.2) is 0 Å². The molecule has 1 amide bonds. The summed E-state index contributed by atoms with van der Waals surface area (Å²) in [6, 6.07) is 7.81. The predicted octanol–water partition coefficient (Wildman–Crippen LogP) is 2.28. The number of benzene rings is 1. The number of carbonyl (C=O) groups is 1. The fourth-order valence-corrected chi connectivity index (χ4v) is 2.49. The van der Waals surface area contributed by atoms with E-state index < -0.39 is 14.1 Å². The number of aryl methyl sites for hydroxylation is 1. The third kappa shape index (κ3) is 9.51. The predicted molar refractivity (Wildman–Crippen MR) is 106 cm³/mol. The number of carbonyl (C=O) groups excluding carboxylic acids is 1. The van der Waals surface area contributed by atoms with Gasteiger partial charge in [-0.25, -0.2) is 0 Å². The Labute approximate surface area is 148 Å². The van der Waals surface area contributed by atoms with E-state index in [1.54, 1.807) is 0 Å². The van der Waals surface area contributed by atoms with Crippen molar-refractivity contribution in [1.82, 2.24) is 5.32 Å². The third-order valence-electron chi connectivity index (χ3n) is 3.29. The van der Waals surface area contributed by atoms with Crippen molar-refractivity contribution in [2.45, 2.75) is 52.4 Å². The van der Waals surface area contributed by atoms with Gasteiger partial charge in [0.1, 0.15) is 8.07 Å². The van der Waals surface area contributed by atoms with Crippen LogP contribution >= 0.6 is 0 Å². The van der Waals surface area contributed by atoms with E-state index in [1.165, 1.54) is 5.56 Å². The molecule has 0 aliphatic heterocycles. The number of amides is 1. The first-order chi connectivity index (χ1) is 10.8. The molecule has 1 unspecified atom stereocenters. The van der Waals surface area contributed by atoms with Crippen LogP contribution in [0.5, 0.6) is 0 Å². The molecular formula is C19H33N3OSi. The number of nitrogens with one attached hydrogen (secondary N) is 1. The van der Waals surface area contributed by atoms with E-state index in [-0.39, 0.29) is 19.9 Å². The maximum Gasteiger partial charge on any atom is 0.238 e. The van der Waals surface area contributed by atoms with Crippen molar-refractivity contribution in [1.29, 1.82) is 0 Å². The molecule has 0 aliphatic rings. The Kier molecular flexibility index (Phi) is 10.3. The molecule has 0 bridgehead atoms. The largest absolute Gasteiger partial charge is 0.355 e. The normalized spacial score (nSPS) is 11.7. The van der Waals surface area contributed by atoms with Crippen LogP contribution < -0.4 is 16.8 Å². The molecule has 0 fully saturated rings. The van der Waals surface area contributed by atoms with Crippen molar-refractivity contribution in [3.63, 3.8) is 0 Å². The molecule has 0 radical (unpaired) electrons. The lowest BCUT2D eigenvalue weighted by Crippen LogP contribution is -2.45. The van der Waals surface area contributed by atoms with Gasteiger partial charge in [0, 0.05) is 18.7 Å². The first-order valence-corrected chi connectivity index (χ1v) is 11.7. The Balaban J connectivity index is 0.00000529. The Morgan fingerprint density at radius 3 is 2.62 bits per heavy atom. The second-order valence-corrected chi connectivity index (χ2v) is 11.5. The molecule has 5 heteroatoms. The third-order valence-corrected chi connectivity index (χ3v) is 4.17. The summed E-state index contributed by atoms with van der Waals surface area (Å²) in [7, 11) is -1.34. The number of unbranched alkanes of at least 4 members (excludes halogenated alkanes) is 1. The molecule has 0 aliphatic carbocycles. The van der Waals surface area contributed by atoms with Crippen molar-refractivity contribution in [2.75, 3.05) is 13.1 Å². The maximum atomic E-state index is 11.5. The standard InChI is InChI=1S/C18H29N3OSi.CH4/c1-23(2,3)12-10-16-9-6-8-15(13-16)7-4-5-11-21-18(22)17(20)14-19;/h6,8-9,13,17H,4-5,7,11,14,19-20H2,1-3H3,(H,21,22);1H4. The van der Waals surface area contributed by atoms with Gasteiger partial charge >= 0.3 is 0 Å². The lowest BCUT2D eigenvalue weighted by molar-refractivity contribution is -0.122. The van der Waals surface area contributed by atoms with E-state index in [2.05, 4.69) is 60.7 Å². The van der Waals surface area contributed by atoms with E-state index in [4.69, 9.17) is 11.5 Å². The molecule has 0 saturated heterocycles. The highest BCUT2D eigenvalue weighted by molar-refractivity contribution is 6.83. The molecule has 0 aromatic heterocycles. The van der Waals surface area contributed by atoms with E-state index in [9.17, 15) is 4.79 Å². The minimum absolute atomic E-state index is 0. The van der Waals surface area contributed by atoms with Crippen LogP contribution in [-0.2, 0) is 11.2 Å². The number of hydrogen-bond donors (Lipinski definition) is 3. The van der Waals surface area contributed by atoms with Crippen molar-refractivity contribution < 1.29 is 4.79 Å². The van der Waals surface area contributed by atoms with Crippen LogP contribution in [0.1, 0.15) is 31.4 Å². The Hall–Kier alpha value is -1.61. The fourth-order valence-electron chi connectivity index (χ4n) is 1.97. The van der Waals surface area contributed by atoms with Gasteiger partial charge in [-0.1, -0.05) is 45.1 Å². The van der Waals surface area contributed by atoms with Gasteiger partial charge < -0.3 is 16.8 Å². The molecule has 1 rings (SSSR count). The van der Waals surface area contributed by atoms with Gasteiger partial charge in [-0.3, -0.25) is 4.79 Å². The van der Waals surface area contributed by atoms with Crippen LogP contribution in [0.3, 0.4) is 0 Å². The van der Waals surface area contributed by atoms with E-state index in [0.29, 0.717) is 6.54 Å². The molecule has 0 saturated carbocycles. The number of nitrogens with two attached hydrogens (primary N) is 2. The second-order valence-electron chi connectivity index (χ2n) is 6.79. The minimum atomic E-state index is -1.34. The summed E-state index contributed by atoms with van der Waals surface area (Å²) in [6.07, 6.45) is 2.93. The molecule has 4 nitrogen and oxygen atoms in total.